The van der Waals surface area contributed by atoms with E-state index in [2.05, 4.69) is 5.32 Å². The topological polar surface area (TPSA) is 115 Å². The third-order valence-electron chi connectivity index (χ3n) is 7.61. The quantitative estimate of drug-likeness (QED) is 0.241. The van der Waals surface area contributed by atoms with Crippen LogP contribution in [0.25, 0.3) is 0 Å². The summed E-state index contributed by atoms with van der Waals surface area (Å²) in [7, 11) is 1.53. The molecule has 0 aliphatic carbocycles. The molecular formula is C32H29ClFN3O5. The summed E-state index contributed by atoms with van der Waals surface area (Å²) in [4.78, 5) is 43.2. The summed E-state index contributed by atoms with van der Waals surface area (Å²) < 4.78 is 24.6. The smallest absolute Gasteiger partial charge is 0.323 e. The molecule has 4 aromatic rings. The number of amides is 3. The summed E-state index contributed by atoms with van der Waals surface area (Å²) >= 11 is 6.20. The molecular weight excluding hydrogens is 561 g/mol. The van der Waals surface area contributed by atoms with Crippen molar-refractivity contribution in [3.05, 3.63) is 118 Å². The van der Waals surface area contributed by atoms with Gasteiger partial charge in [-0.3, -0.25) is 9.59 Å². The minimum absolute atomic E-state index is 0.302. The fourth-order valence-electron chi connectivity index (χ4n) is 5.80. The first-order chi connectivity index (χ1) is 20.1. The van der Waals surface area contributed by atoms with E-state index in [0.717, 1.165) is 0 Å². The fourth-order valence-corrected chi connectivity index (χ4v) is 5.93. The molecule has 1 aliphatic rings. The Kier molecular flexibility index (Phi) is 8.04. The summed E-state index contributed by atoms with van der Waals surface area (Å²) in [5.41, 5.74) is 7.88. The molecule has 1 aliphatic heterocycles. The van der Waals surface area contributed by atoms with Gasteiger partial charge >= 0.3 is 6.03 Å². The number of rotatable bonds is 7. The molecule has 0 radical (unpaired) electrons. The maximum absolute atomic E-state index is 14.5. The van der Waals surface area contributed by atoms with Gasteiger partial charge in [-0.05, 0) is 79.6 Å². The second-order valence-corrected chi connectivity index (χ2v) is 10.6. The van der Waals surface area contributed by atoms with Crippen molar-refractivity contribution in [3.63, 3.8) is 0 Å². The first kappa shape index (κ1) is 28.9. The van der Waals surface area contributed by atoms with Gasteiger partial charge in [-0.25, -0.2) is 9.18 Å². The molecule has 2 heterocycles. The zero-order chi connectivity index (χ0) is 30.1. The van der Waals surface area contributed by atoms with Gasteiger partial charge in [0.1, 0.15) is 29.1 Å². The maximum Gasteiger partial charge on any atom is 0.323 e. The van der Waals surface area contributed by atoms with E-state index in [4.69, 9.17) is 26.5 Å². The third-order valence-corrected chi connectivity index (χ3v) is 7.86. The van der Waals surface area contributed by atoms with Gasteiger partial charge in [-0.1, -0.05) is 35.9 Å². The number of likely N-dealkylation sites (tertiary alicyclic amines) is 1. The number of hydrogen-bond donors (Lipinski definition) is 2. The average Bonchev–Trinajstić information content (AvgIpc) is 3.51. The zero-order valence-electron chi connectivity index (χ0n) is 23.1. The van der Waals surface area contributed by atoms with Crippen LogP contribution in [0.15, 0.2) is 83.3 Å². The molecule has 3 N–H and O–H groups in total. The Hall–Kier alpha value is -4.63. The normalized spacial score (nSPS) is 19.9. The van der Waals surface area contributed by atoms with Crippen LogP contribution in [-0.4, -0.2) is 35.8 Å². The second-order valence-electron chi connectivity index (χ2n) is 10.2. The number of nitrogens with one attached hydrogen (secondary N) is 1. The molecule has 4 atom stereocenters. The van der Waals surface area contributed by atoms with Gasteiger partial charge < -0.3 is 25.1 Å². The number of halogens is 2. The number of primary amides is 1. The first-order valence-corrected chi connectivity index (χ1v) is 13.6. The van der Waals surface area contributed by atoms with Crippen LogP contribution < -0.4 is 15.8 Å². The number of furan rings is 1. The van der Waals surface area contributed by atoms with Gasteiger partial charge in [0.15, 0.2) is 5.78 Å². The maximum atomic E-state index is 14.5. The fraction of sp³-hybridized carbons (Fsp3) is 0.219. The van der Waals surface area contributed by atoms with Gasteiger partial charge in [0.05, 0.1) is 24.6 Å². The lowest BCUT2D eigenvalue weighted by Crippen LogP contribution is -2.48. The molecule has 0 spiro atoms. The number of methoxy groups -OCH3 is 1. The molecule has 42 heavy (non-hydrogen) atoms. The van der Waals surface area contributed by atoms with Crippen molar-refractivity contribution in [1.82, 2.24) is 4.90 Å². The van der Waals surface area contributed by atoms with E-state index in [1.54, 1.807) is 68.4 Å². The number of benzene rings is 3. The molecule has 10 heteroatoms. The summed E-state index contributed by atoms with van der Waals surface area (Å²) in [5, 5.41) is 3.21. The Morgan fingerprint density at radius 1 is 0.952 bits per heavy atom. The van der Waals surface area contributed by atoms with Crippen molar-refractivity contribution in [2.75, 3.05) is 12.4 Å². The van der Waals surface area contributed by atoms with Gasteiger partial charge in [-0.15, -0.1) is 0 Å². The Morgan fingerprint density at radius 2 is 1.57 bits per heavy atom. The van der Waals surface area contributed by atoms with Crippen molar-refractivity contribution in [3.8, 4) is 5.75 Å². The van der Waals surface area contributed by atoms with E-state index in [-0.39, 0.29) is 5.78 Å². The van der Waals surface area contributed by atoms with Crippen molar-refractivity contribution in [2.24, 2.45) is 11.7 Å². The number of nitrogens with two attached hydrogens (primary N) is 1. The summed E-state index contributed by atoms with van der Waals surface area (Å²) in [6, 6.07) is 17.7. The molecule has 5 rings (SSSR count). The Balaban J connectivity index is 1.72. The van der Waals surface area contributed by atoms with E-state index in [1.165, 1.54) is 36.3 Å². The van der Waals surface area contributed by atoms with Gasteiger partial charge in [0.25, 0.3) is 0 Å². The molecule has 0 bridgehead atoms. The molecule has 216 valence electrons. The lowest BCUT2D eigenvalue weighted by Gasteiger charge is -2.31. The minimum atomic E-state index is -1.23. The number of anilines is 1. The number of ether oxygens (including phenoxy) is 1. The van der Waals surface area contributed by atoms with Crippen LogP contribution in [0, 0.1) is 25.6 Å². The van der Waals surface area contributed by atoms with Crippen molar-refractivity contribution in [2.45, 2.75) is 31.8 Å². The molecule has 1 saturated heterocycles. The number of hydrogen-bond acceptors (Lipinski definition) is 5. The van der Waals surface area contributed by atoms with Crippen LogP contribution in [-0.2, 0) is 4.79 Å². The lowest BCUT2D eigenvalue weighted by molar-refractivity contribution is -0.122. The second kappa shape index (κ2) is 11.7. The summed E-state index contributed by atoms with van der Waals surface area (Å²) in [6.07, 6.45) is 0. The number of ketones is 1. The molecule has 3 amide bonds. The van der Waals surface area contributed by atoms with Crippen LogP contribution in [0.5, 0.6) is 5.75 Å². The van der Waals surface area contributed by atoms with Crippen molar-refractivity contribution < 1.29 is 27.9 Å². The largest absolute Gasteiger partial charge is 0.497 e. The molecule has 8 nitrogen and oxygen atoms in total. The van der Waals surface area contributed by atoms with E-state index in [0.29, 0.717) is 44.7 Å². The van der Waals surface area contributed by atoms with Gasteiger partial charge in [0.2, 0.25) is 5.91 Å². The number of carbonyl (C=O) groups excluding carboxylic acids is 3. The molecule has 0 saturated carbocycles. The van der Waals surface area contributed by atoms with Crippen molar-refractivity contribution in [1.29, 1.82) is 0 Å². The number of Topliss-reactive ketones (excluding diaryl/α,β-unsaturated/α-hetero) is 1. The third kappa shape index (κ3) is 5.47. The highest BCUT2D eigenvalue weighted by atomic mass is 35.5. The van der Waals surface area contributed by atoms with Crippen molar-refractivity contribution >= 4 is 35.0 Å². The predicted molar refractivity (Wildman–Crippen MR) is 156 cm³/mol. The lowest BCUT2D eigenvalue weighted by atomic mass is 9.76. The number of urea groups is 1. The summed E-state index contributed by atoms with van der Waals surface area (Å²) in [5.74, 6) is -1.81. The van der Waals surface area contributed by atoms with Crippen LogP contribution in [0.3, 0.4) is 0 Å². The van der Waals surface area contributed by atoms with Crippen LogP contribution in [0.2, 0.25) is 5.02 Å². The zero-order valence-corrected chi connectivity index (χ0v) is 23.9. The summed E-state index contributed by atoms with van der Waals surface area (Å²) in [6.45, 7) is 3.43. The molecule has 1 fully saturated rings. The van der Waals surface area contributed by atoms with E-state index in [9.17, 15) is 18.8 Å². The first-order valence-electron chi connectivity index (χ1n) is 13.2. The van der Waals surface area contributed by atoms with Gasteiger partial charge in [0, 0.05) is 16.6 Å². The number of nitrogens with zero attached hydrogens (tertiary/aromatic N) is 1. The SMILES string of the molecule is COc1ccc(C2C(C(=O)c3cc(C)oc3C)C(c3ccc(Cl)cc3)N(C(=O)Nc3ccc(F)cc3)C2C(N)=O)cc1. The Labute approximate surface area is 247 Å². The molecule has 3 aromatic carbocycles. The number of aryl methyl sites for hydroxylation is 2. The Morgan fingerprint density at radius 3 is 2.12 bits per heavy atom. The van der Waals surface area contributed by atoms with E-state index >= 15 is 0 Å². The highest BCUT2D eigenvalue weighted by Crippen LogP contribution is 2.52. The highest BCUT2D eigenvalue weighted by molar-refractivity contribution is 6.30. The van der Waals surface area contributed by atoms with E-state index in [1.807, 2.05) is 0 Å². The molecule has 1 aromatic heterocycles. The van der Waals surface area contributed by atoms with Crippen LogP contribution >= 0.6 is 11.6 Å². The monoisotopic (exact) mass is 589 g/mol. The van der Waals surface area contributed by atoms with Crippen LogP contribution in [0.1, 0.15) is 45.0 Å². The highest BCUT2D eigenvalue weighted by Gasteiger charge is 2.57. The standard InChI is InChI=1S/C32H29ClFN3O5/c1-17-16-25(18(2)42-17)30(38)27-26(19-6-14-24(41-3)15-7-19)29(31(35)39)37(28(27)20-4-8-21(33)9-5-20)32(40)36-23-12-10-22(34)11-13-23/h4-16,26-29H,1-3H3,(H2,35,39)(H,36,40). The predicted octanol–water partition coefficient (Wildman–Crippen LogP) is 6.42. The minimum Gasteiger partial charge on any atom is -0.497 e. The number of carbonyl (C=O) groups is 3. The molecule has 4 unspecified atom stereocenters. The van der Waals surface area contributed by atoms with Crippen LogP contribution in [0.4, 0.5) is 14.9 Å². The average molecular weight is 590 g/mol. The van der Waals surface area contributed by atoms with Gasteiger partial charge in [-0.2, -0.15) is 0 Å². The van der Waals surface area contributed by atoms with E-state index < -0.39 is 41.7 Å². The Bertz CT molecular complexity index is 1620.